The van der Waals surface area contributed by atoms with Crippen molar-refractivity contribution in [2.24, 2.45) is 29.0 Å². The number of carboxylic acids is 1. The number of aliphatic carboxylic acids is 1. The number of nitrogens with one attached hydrogen (secondary N) is 5. The Morgan fingerprint density at radius 3 is 1.72 bits per heavy atom. The Morgan fingerprint density at radius 1 is 0.690 bits per heavy atom. The number of nitrogens with two attached hydrogens (primary N) is 3. The number of aliphatic hydroxyl groups excluding tert-OH is 1. The van der Waals surface area contributed by atoms with Crippen LogP contribution in [0.4, 0.5) is 0 Å². The second kappa shape index (κ2) is 22.5. The van der Waals surface area contributed by atoms with Gasteiger partial charge in [-0.05, 0) is 50.9 Å². The SMILES string of the molecule is CCC(C)C(NC(=O)C(CO)NC(=O)C(NC(=O)C1CCCN1C(=O)C(C)NC(=O)C(N)CC(N)=O)C(C)C)C(=O)N1CCCC1C(=O)NC(CCC(N)=O)C(=O)O. The van der Waals surface area contributed by atoms with Gasteiger partial charge >= 0.3 is 5.97 Å². The lowest BCUT2D eigenvalue weighted by Crippen LogP contribution is -2.62. The van der Waals surface area contributed by atoms with Gasteiger partial charge in [-0.25, -0.2) is 4.79 Å². The van der Waals surface area contributed by atoms with Crippen LogP contribution < -0.4 is 43.8 Å². The molecule has 0 bridgehead atoms. The number of amides is 9. The summed E-state index contributed by atoms with van der Waals surface area (Å²) >= 11 is 0. The summed E-state index contributed by atoms with van der Waals surface area (Å²) in [6.45, 7) is 7.49. The van der Waals surface area contributed by atoms with E-state index in [0.29, 0.717) is 19.3 Å². The van der Waals surface area contributed by atoms with E-state index >= 15 is 0 Å². The second-order valence-corrected chi connectivity index (χ2v) is 15.1. The Bertz CT molecular complexity index is 1560. The highest BCUT2D eigenvalue weighted by atomic mass is 16.4. The van der Waals surface area contributed by atoms with Crippen molar-refractivity contribution in [1.29, 1.82) is 0 Å². The summed E-state index contributed by atoms with van der Waals surface area (Å²) in [6.07, 6.45) is 0.695. The van der Waals surface area contributed by atoms with E-state index in [-0.39, 0.29) is 38.8 Å². The van der Waals surface area contributed by atoms with Gasteiger partial charge in [-0.15, -0.1) is 0 Å². The largest absolute Gasteiger partial charge is 0.480 e. The van der Waals surface area contributed by atoms with Crippen LogP contribution in [-0.2, 0) is 47.9 Å². The number of carbonyl (C=O) groups is 10. The van der Waals surface area contributed by atoms with Crippen molar-refractivity contribution in [3.05, 3.63) is 0 Å². The fourth-order valence-corrected chi connectivity index (χ4v) is 6.71. The predicted octanol–water partition coefficient (Wildman–Crippen LogP) is -4.34. The molecule has 0 aromatic heterocycles. The standard InChI is InChI=1S/C36H60N10O12/c1-6-18(4)28(35(56)46-14-8-9-23(46)31(52)41-21(36(57)58)11-12-25(38)48)44-30(51)22(16-47)42-33(54)27(17(2)3)43-32(53)24-10-7-13-45(24)34(55)19(5)40-29(50)20(37)15-26(39)49/h17-24,27-28,47H,6-16,37H2,1-5H3,(H2,38,48)(H2,39,49)(H,40,50)(H,41,52)(H,42,54)(H,43,53)(H,44,51)(H,57,58). The molecule has 2 rings (SSSR count). The van der Waals surface area contributed by atoms with Crippen molar-refractivity contribution in [2.45, 2.75) is 134 Å². The highest BCUT2D eigenvalue weighted by Crippen LogP contribution is 2.23. The van der Waals surface area contributed by atoms with Gasteiger partial charge in [-0.3, -0.25) is 43.2 Å². The molecule has 22 heteroatoms. The maximum atomic E-state index is 13.9. The molecule has 9 atom stereocenters. The number of rotatable bonds is 22. The number of hydrogen-bond donors (Lipinski definition) is 10. The molecule has 0 aromatic carbocycles. The minimum Gasteiger partial charge on any atom is -0.480 e. The molecule has 0 spiro atoms. The quantitative estimate of drug-likeness (QED) is 0.0494. The zero-order valence-electron chi connectivity index (χ0n) is 33.7. The van der Waals surface area contributed by atoms with Crippen molar-refractivity contribution < 1.29 is 58.2 Å². The van der Waals surface area contributed by atoms with Gasteiger partial charge in [-0.1, -0.05) is 34.1 Å². The molecule has 2 saturated heterocycles. The van der Waals surface area contributed by atoms with Crippen LogP contribution in [-0.4, -0.2) is 147 Å². The molecule has 13 N–H and O–H groups in total. The van der Waals surface area contributed by atoms with E-state index in [4.69, 9.17) is 17.2 Å². The highest BCUT2D eigenvalue weighted by Gasteiger charge is 2.42. The molecular formula is C36H60N10O12. The predicted molar refractivity (Wildman–Crippen MR) is 204 cm³/mol. The summed E-state index contributed by atoms with van der Waals surface area (Å²) in [5, 5.41) is 32.2. The van der Waals surface area contributed by atoms with E-state index in [2.05, 4.69) is 26.6 Å². The number of primary amides is 2. The maximum absolute atomic E-state index is 13.9. The third-order valence-electron chi connectivity index (χ3n) is 10.3. The minimum absolute atomic E-state index is 0.122. The fraction of sp³-hybridized carbons (Fsp3) is 0.722. The zero-order chi connectivity index (χ0) is 44.0. The van der Waals surface area contributed by atoms with Crippen molar-refractivity contribution in [3.63, 3.8) is 0 Å². The molecule has 326 valence electrons. The Morgan fingerprint density at radius 2 is 1.24 bits per heavy atom. The number of hydrogen-bond acceptors (Lipinski definition) is 12. The third-order valence-corrected chi connectivity index (χ3v) is 10.3. The van der Waals surface area contributed by atoms with Crippen LogP contribution in [0.15, 0.2) is 0 Å². The van der Waals surface area contributed by atoms with Crippen molar-refractivity contribution in [1.82, 2.24) is 36.4 Å². The van der Waals surface area contributed by atoms with Gasteiger partial charge in [0.1, 0.15) is 42.3 Å². The lowest BCUT2D eigenvalue weighted by atomic mass is 9.96. The summed E-state index contributed by atoms with van der Waals surface area (Å²) < 4.78 is 0. The lowest BCUT2D eigenvalue weighted by molar-refractivity contribution is -0.145. The molecule has 9 unspecified atom stereocenters. The van der Waals surface area contributed by atoms with Crippen LogP contribution >= 0.6 is 0 Å². The molecule has 0 saturated carbocycles. The second-order valence-electron chi connectivity index (χ2n) is 15.1. The minimum atomic E-state index is -1.58. The van der Waals surface area contributed by atoms with Crippen molar-refractivity contribution in [3.8, 4) is 0 Å². The van der Waals surface area contributed by atoms with Gasteiger partial charge in [0.25, 0.3) is 0 Å². The topological polar surface area (TPSA) is 356 Å². The van der Waals surface area contributed by atoms with Gasteiger partial charge in [-0.2, -0.15) is 0 Å². The molecule has 0 aliphatic carbocycles. The van der Waals surface area contributed by atoms with Crippen LogP contribution in [0.2, 0.25) is 0 Å². The van der Waals surface area contributed by atoms with Crippen molar-refractivity contribution in [2.75, 3.05) is 19.7 Å². The zero-order valence-corrected chi connectivity index (χ0v) is 33.7. The summed E-state index contributed by atoms with van der Waals surface area (Å²) in [5.74, 6) is -9.23. The van der Waals surface area contributed by atoms with E-state index in [9.17, 15) is 58.2 Å². The number of nitrogens with zero attached hydrogens (tertiary/aromatic N) is 2. The van der Waals surface area contributed by atoms with E-state index in [1.807, 2.05) is 0 Å². The molecular weight excluding hydrogens is 764 g/mol. The first-order valence-electron chi connectivity index (χ1n) is 19.4. The van der Waals surface area contributed by atoms with E-state index in [0.717, 1.165) is 0 Å². The molecule has 0 radical (unpaired) electrons. The first kappa shape index (κ1) is 48.8. The lowest BCUT2D eigenvalue weighted by Gasteiger charge is -2.33. The van der Waals surface area contributed by atoms with E-state index in [1.165, 1.54) is 16.7 Å². The van der Waals surface area contributed by atoms with Crippen LogP contribution in [0.3, 0.4) is 0 Å². The number of aliphatic hydroxyl groups is 1. The first-order valence-corrected chi connectivity index (χ1v) is 19.4. The Hall–Kier alpha value is -5.38. The van der Waals surface area contributed by atoms with Gasteiger partial charge < -0.3 is 63.8 Å². The van der Waals surface area contributed by atoms with Crippen LogP contribution in [0.5, 0.6) is 0 Å². The van der Waals surface area contributed by atoms with E-state index < -0.39 is 132 Å². The van der Waals surface area contributed by atoms with E-state index in [1.54, 1.807) is 27.7 Å². The van der Waals surface area contributed by atoms with Crippen molar-refractivity contribution >= 4 is 59.1 Å². The monoisotopic (exact) mass is 824 g/mol. The molecule has 22 nitrogen and oxygen atoms in total. The van der Waals surface area contributed by atoms with Crippen LogP contribution in [0.25, 0.3) is 0 Å². The molecule has 2 fully saturated rings. The Kier molecular flexibility index (Phi) is 18.9. The molecule has 0 aromatic rings. The molecule has 9 amide bonds. The number of likely N-dealkylation sites (tertiary alicyclic amines) is 2. The van der Waals surface area contributed by atoms with Gasteiger partial charge in [0.2, 0.25) is 53.2 Å². The summed E-state index contributed by atoms with van der Waals surface area (Å²) in [6, 6.07) is -9.96. The summed E-state index contributed by atoms with van der Waals surface area (Å²) in [5.41, 5.74) is 15.9. The molecule has 58 heavy (non-hydrogen) atoms. The number of carbonyl (C=O) groups excluding carboxylic acids is 9. The fourth-order valence-electron chi connectivity index (χ4n) is 6.71. The Balaban J connectivity index is 2.15. The average molecular weight is 825 g/mol. The van der Waals surface area contributed by atoms with Gasteiger partial charge in [0.15, 0.2) is 0 Å². The maximum Gasteiger partial charge on any atom is 0.326 e. The van der Waals surface area contributed by atoms with Gasteiger partial charge in [0, 0.05) is 19.5 Å². The average Bonchev–Trinajstić information content (AvgIpc) is 3.86. The van der Waals surface area contributed by atoms with Crippen LogP contribution in [0.1, 0.15) is 86.0 Å². The highest BCUT2D eigenvalue weighted by molar-refractivity contribution is 5.98. The van der Waals surface area contributed by atoms with Gasteiger partial charge in [0.05, 0.1) is 19.1 Å². The van der Waals surface area contributed by atoms with Crippen LogP contribution in [0, 0.1) is 11.8 Å². The first-order chi connectivity index (χ1) is 27.1. The summed E-state index contributed by atoms with van der Waals surface area (Å²) in [7, 11) is 0. The summed E-state index contributed by atoms with van der Waals surface area (Å²) in [4.78, 5) is 130. The molecule has 2 heterocycles. The molecule has 2 aliphatic rings. The molecule has 2 aliphatic heterocycles. The Labute approximate surface area is 336 Å². The third kappa shape index (κ3) is 13.6. The normalized spacial score (nSPS) is 20.1. The smallest absolute Gasteiger partial charge is 0.326 e. The number of carboxylic acid groups (broad SMARTS) is 1.